The molecule has 0 aromatic heterocycles. The van der Waals surface area contributed by atoms with Gasteiger partial charge < -0.3 is 5.73 Å². The number of nitrogens with zero attached hydrogens (tertiary/aromatic N) is 1. The normalized spacial score (nSPS) is 17.0. The fourth-order valence-corrected chi connectivity index (χ4v) is 2.06. The third-order valence-corrected chi connectivity index (χ3v) is 3.16. The fourth-order valence-electron chi connectivity index (χ4n) is 2.06. The highest BCUT2D eigenvalue weighted by atomic mass is 16.1. The van der Waals surface area contributed by atoms with E-state index >= 15 is 0 Å². The van der Waals surface area contributed by atoms with Crippen LogP contribution in [0.15, 0.2) is 48.6 Å². The van der Waals surface area contributed by atoms with Crippen molar-refractivity contribution in [2.24, 2.45) is 5.73 Å². The Kier molecular flexibility index (Phi) is 7.08. The smallest absolute Gasteiger partial charge is 0.159 e. The van der Waals surface area contributed by atoms with Gasteiger partial charge in [0, 0.05) is 19.5 Å². The fraction of sp³-hybridized carbons (Fsp3) is 0.438. The lowest BCUT2D eigenvalue weighted by atomic mass is 10.1. The summed E-state index contributed by atoms with van der Waals surface area (Å²) >= 11 is 0. The number of nitrogens with two attached hydrogens (primary N) is 1. The van der Waals surface area contributed by atoms with E-state index in [1.54, 1.807) is 12.2 Å². The van der Waals surface area contributed by atoms with Gasteiger partial charge >= 0.3 is 0 Å². The molecule has 0 amide bonds. The Hall–Kier alpha value is -1.45. The summed E-state index contributed by atoms with van der Waals surface area (Å²) in [4.78, 5) is 14.2. The van der Waals surface area contributed by atoms with Crippen molar-refractivity contribution in [1.29, 1.82) is 0 Å². The number of allylic oxidation sites excluding steroid dienone is 3. The van der Waals surface area contributed by atoms with Crippen molar-refractivity contribution in [3.63, 3.8) is 0 Å². The van der Waals surface area contributed by atoms with E-state index in [2.05, 4.69) is 18.1 Å². The predicted molar refractivity (Wildman–Crippen MR) is 80.9 cm³/mol. The summed E-state index contributed by atoms with van der Waals surface area (Å²) in [5.41, 5.74) is 7.15. The van der Waals surface area contributed by atoms with Crippen molar-refractivity contribution in [2.75, 3.05) is 26.2 Å². The minimum Gasteiger partial charge on any atom is -0.327 e. The second-order valence-electron chi connectivity index (χ2n) is 4.84. The van der Waals surface area contributed by atoms with Crippen molar-refractivity contribution >= 4 is 5.78 Å². The summed E-state index contributed by atoms with van der Waals surface area (Å²) < 4.78 is 0. The van der Waals surface area contributed by atoms with Gasteiger partial charge in [-0.2, -0.15) is 0 Å². The van der Waals surface area contributed by atoms with Crippen LogP contribution in [0, 0.1) is 0 Å². The van der Waals surface area contributed by atoms with E-state index < -0.39 is 0 Å². The van der Waals surface area contributed by atoms with E-state index in [0.717, 1.165) is 30.8 Å². The van der Waals surface area contributed by atoms with Crippen LogP contribution in [0.4, 0.5) is 0 Å². The van der Waals surface area contributed by atoms with Crippen molar-refractivity contribution in [1.82, 2.24) is 4.90 Å². The molecule has 0 aliphatic carbocycles. The Labute approximate surface area is 116 Å². The van der Waals surface area contributed by atoms with Gasteiger partial charge in [0.25, 0.3) is 0 Å². The quantitative estimate of drug-likeness (QED) is 0.538. The molecular formula is C16H24N2O. The molecule has 0 radical (unpaired) electrons. The van der Waals surface area contributed by atoms with E-state index in [1.165, 1.54) is 12.8 Å². The Morgan fingerprint density at radius 1 is 1.32 bits per heavy atom. The average molecular weight is 260 g/mol. The van der Waals surface area contributed by atoms with Crippen LogP contribution in [0.1, 0.15) is 19.3 Å². The summed E-state index contributed by atoms with van der Waals surface area (Å²) in [5.74, 6) is 0.0927. The maximum atomic E-state index is 11.8. The molecule has 0 unspecified atom stereocenters. The van der Waals surface area contributed by atoms with Gasteiger partial charge in [0.05, 0.1) is 0 Å². The highest BCUT2D eigenvalue weighted by molar-refractivity contribution is 5.91. The van der Waals surface area contributed by atoms with Gasteiger partial charge in [0.15, 0.2) is 5.78 Å². The first-order chi connectivity index (χ1) is 9.15. The van der Waals surface area contributed by atoms with Crippen LogP contribution < -0.4 is 5.73 Å². The Balaban J connectivity index is 2.39. The monoisotopic (exact) mass is 260 g/mol. The molecule has 0 atom stereocenters. The molecule has 0 aromatic rings. The van der Waals surface area contributed by atoms with Crippen molar-refractivity contribution in [2.45, 2.75) is 19.3 Å². The zero-order chi connectivity index (χ0) is 14.1. The number of hydrogen-bond donors (Lipinski definition) is 1. The van der Waals surface area contributed by atoms with Crippen LogP contribution in [0.5, 0.6) is 0 Å². The van der Waals surface area contributed by atoms with Gasteiger partial charge in [-0.25, -0.2) is 0 Å². The molecule has 1 aliphatic heterocycles. The van der Waals surface area contributed by atoms with Gasteiger partial charge in [-0.05, 0) is 43.2 Å². The number of carbonyl (C=O) groups is 1. The molecule has 19 heavy (non-hydrogen) atoms. The summed E-state index contributed by atoms with van der Waals surface area (Å²) in [6.07, 6.45) is 10.0. The number of ketones is 1. The lowest BCUT2D eigenvalue weighted by Gasteiger charge is -2.10. The molecule has 3 heteroatoms. The molecule has 1 rings (SSSR count). The summed E-state index contributed by atoms with van der Waals surface area (Å²) in [6, 6.07) is 0. The summed E-state index contributed by atoms with van der Waals surface area (Å²) in [7, 11) is 0. The lowest BCUT2D eigenvalue weighted by Crippen LogP contribution is -2.18. The molecule has 104 valence electrons. The first-order valence-corrected chi connectivity index (χ1v) is 6.78. The van der Waals surface area contributed by atoms with Crippen LogP contribution in [-0.4, -0.2) is 36.9 Å². The van der Waals surface area contributed by atoms with E-state index in [0.29, 0.717) is 13.0 Å². The van der Waals surface area contributed by atoms with Crippen LogP contribution >= 0.6 is 0 Å². The van der Waals surface area contributed by atoms with E-state index in [-0.39, 0.29) is 5.78 Å². The van der Waals surface area contributed by atoms with Crippen molar-refractivity contribution in [3.05, 3.63) is 48.6 Å². The molecule has 3 nitrogen and oxygen atoms in total. The number of likely N-dealkylation sites (tertiary alicyclic amines) is 1. The van der Waals surface area contributed by atoms with Gasteiger partial charge in [-0.3, -0.25) is 9.69 Å². The summed E-state index contributed by atoms with van der Waals surface area (Å²) in [5, 5.41) is 0. The van der Waals surface area contributed by atoms with Gasteiger partial charge in [0.2, 0.25) is 0 Å². The molecule has 0 spiro atoms. The maximum absolute atomic E-state index is 11.8. The molecular weight excluding hydrogens is 236 g/mol. The Bertz CT molecular complexity index is 388. The first kappa shape index (κ1) is 15.6. The SMILES string of the molecule is C=C/C(=C\C(=C)CN)CC(=O)/C=C/CN1CCCC1. The first-order valence-electron chi connectivity index (χ1n) is 6.78. The zero-order valence-corrected chi connectivity index (χ0v) is 11.6. The van der Waals surface area contributed by atoms with Gasteiger partial charge in [-0.1, -0.05) is 31.4 Å². The van der Waals surface area contributed by atoms with E-state index in [9.17, 15) is 4.79 Å². The molecule has 0 bridgehead atoms. The number of rotatable bonds is 8. The minimum absolute atomic E-state index is 0.0927. The molecule has 1 aliphatic rings. The van der Waals surface area contributed by atoms with Crippen molar-refractivity contribution < 1.29 is 4.79 Å². The maximum Gasteiger partial charge on any atom is 0.159 e. The second kappa shape index (κ2) is 8.62. The lowest BCUT2D eigenvalue weighted by molar-refractivity contribution is -0.113. The molecule has 1 fully saturated rings. The molecule has 2 N–H and O–H groups in total. The largest absolute Gasteiger partial charge is 0.327 e. The van der Waals surface area contributed by atoms with Gasteiger partial charge in [-0.15, -0.1) is 0 Å². The molecule has 0 saturated carbocycles. The van der Waals surface area contributed by atoms with Crippen LogP contribution in [0.2, 0.25) is 0 Å². The third-order valence-electron chi connectivity index (χ3n) is 3.16. The minimum atomic E-state index is 0.0927. The highest BCUT2D eigenvalue weighted by Crippen LogP contribution is 2.09. The molecule has 1 heterocycles. The standard InChI is InChI=1S/C16H24N2O/c1-3-15(11-14(2)13-17)12-16(19)7-6-10-18-8-4-5-9-18/h3,6-7,11H,1-2,4-5,8-10,12-13,17H2/b7-6+,15-11+. The molecule has 0 aromatic carbocycles. The van der Waals surface area contributed by atoms with Crippen LogP contribution in [0.3, 0.4) is 0 Å². The third kappa shape index (κ3) is 6.32. The van der Waals surface area contributed by atoms with Crippen LogP contribution in [0.25, 0.3) is 0 Å². The Morgan fingerprint density at radius 2 is 2.00 bits per heavy atom. The number of hydrogen-bond acceptors (Lipinski definition) is 3. The van der Waals surface area contributed by atoms with E-state index in [4.69, 9.17) is 5.73 Å². The topological polar surface area (TPSA) is 46.3 Å². The second-order valence-corrected chi connectivity index (χ2v) is 4.84. The zero-order valence-electron chi connectivity index (χ0n) is 11.6. The van der Waals surface area contributed by atoms with Crippen LogP contribution in [-0.2, 0) is 4.79 Å². The molecule has 1 saturated heterocycles. The number of carbonyl (C=O) groups excluding carboxylic acids is 1. The summed E-state index contributed by atoms with van der Waals surface area (Å²) in [6.45, 7) is 11.1. The van der Waals surface area contributed by atoms with Gasteiger partial charge in [0.1, 0.15) is 0 Å². The van der Waals surface area contributed by atoms with Crippen molar-refractivity contribution in [3.8, 4) is 0 Å². The Morgan fingerprint density at radius 3 is 2.58 bits per heavy atom. The predicted octanol–water partition coefficient (Wildman–Crippen LogP) is 2.22. The highest BCUT2D eigenvalue weighted by Gasteiger charge is 2.09. The average Bonchev–Trinajstić information content (AvgIpc) is 2.90. The van der Waals surface area contributed by atoms with E-state index in [1.807, 2.05) is 12.2 Å².